The van der Waals surface area contributed by atoms with E-state index in [1.165, 1.54) is 0 Å². The molecule has 0 bridgehead atoms. The maximum atomic E-state index is 11.2. The Morgan fingerprint density at radius 2 is 2.00 bits per heavy atom. The smallest absolute Gasteiger partial charge is 0.312 e. The average Bonchev–Trinajstić information content (AvgIpc) is 2.19. The number of benzene rings is 1. The number of carboxylic acids is 1. The third kappa shape index (κ3) is 3.07. The highest BCUT2D eigenvalue weighted by Gasteiger charge is 2.22. The molecule has 1 unspecified atom stereocenters. The van der Waals surface area contributed by atoms with Gasteiger partial charge in [-0.25, -0.2) is 0 Å². The summed E-state index contributed by atoms with van der Waals surface area (Å²) in [5, 5.41) is 9.16. The van der Waals surface area contributed by atoms with E-state index in [2.05, 4.69) is 20.8 Å². The van der Waals surface area contributed by atoms with E-state index in [1.807, 2.05) is 25.1 Å². The largest absolute Gasteiger partial charge is 0.481 e. The van der Waals surface area contributed by atoms with Gasteiger partial charge in [-0.2, -0.15) is 0 Å². The molecule has 0 fully saturated rings. The van der Waals surface area contributed by atoms with E-state index in [0.29, 0.717) is 0 Å². The van der Waals surface area contributed by atoms with Gasteiger partial charge >= 0.3 is 5.97 Å². The molecule has 1 rings (SSSR count). The molecule has 0 heterocycles. The minimum Gasteiger partial charge on any atom is -0.481 e. The van der Waals surface area contributed by atoms with Crippen LogP contribution in [-0.2, 0) is 10.2 Å². The number of hydrogen-bond donors (Lipinski definition) is 2. The number of carboxylic acid groups (broad SMARTS) is 1. The van der Waals surface area contributed by atoms with E-state index < -0.39 is 11.9 Å². The van der Waals surface area contributed by atoms with E-state index in [9.17, 15) is 4.79 Å². The fourth-order valence-corrected chi connectivity index (χ4v) is 1.84. The second-order valence-corrected chi connectivity index (χ2v) is 5.45. The molecule has 3 N–H and O–H groups in total. The van der Waals surface area contributed by atoms with Crippen LogP contribution in [0.15, 0.2) is 18.2 Å². The van der Waals surface area contributed by atoms with Crippen LogP contribution < -0.4 is 5.73 Å². The maximum Gasteiger partial charge on any atom is 0.312 e. The summed E-state index contributed by atoms with van der Waals surface area (Å²) in [5.74, 6) is -1.47. The summed E-state index contributed by atoms with van der Waals surface area (Å²) in [6, 6.07) is 6.00. The van der Waals surface area contributed by atoms with Crippen LogP contribution in [0.25, 0.3) is 0 Å². The van der Waals surface area contributed by atoms with E-state index in [4.69, 9.17) is 10.8 Å². The van der Waals surface area contributed by atoms with Crippen LogP contribution in [-0.4, -0.2) is 17.6 Å². The number of nitrogens with two attached hydrogens (primary N) is 1. The molecule has 0 spiro atoms. The Balaban J connectivity index is 3.28. The van der Waals surface area contributed by atoms with E-state index in [-0.39, 0.29) is 12.0 Å². The van der Waals surface area contributed by atoms with Gasteiger partial charge in [0.1, 0.15) is 0 Å². The molecule has 1 atom stereocenters. The second kappa shape index (κ2) is 4.88. The Hall–Kier alpha value is -1.35. The highest BCUT2D eigenvalue weighted by Crippen LogP contribution is 2.28. The van der Waals surface area contributed by atoms with Gasteiger partial charge in [-0.15, -0.1) is 0 Å². The summed E-state index contributed by atoms with van der Waals surface area (Å²) in [5.41, 5.74) is 8.51. The van der Waals surface area contributed by atoms with Gasteiger partial charge in [0, 0.05) is 6.54 Å². The number of aryl methyl sites for hydroxylation is 1. The maximum absolute atomic E-state index is 11.2. The standard InChI is InChI=1S/C14H21NO2/c1-9-5-6-10(14(2,3)4)7-11(9)12(8-15)13(16)17/h5-7,12H,8,15H2,1-4H3,(H,16,17). The molecule has 1 aromatic carbocycles. The fourth-order valence-electron chi connectivity index (χ4n) is 1.84. The molecule has 94 valence electrons. The van der Waals surface area contributed by atoms with Crippen LogP contribution in [0, 0.1) is 6.92 Å². The molecule has 0 saturated carbocycles. The van der Waals surface area contributed by atoms with Gasteiger partial charge in [-0.1, -0.05) is 39.0 Å². The van der Waals surface area contributed by atoms with Crippen molar-refractivity contribution in [3.63, 3.8) is 0 Å². The summed E-state index contributed by atoms with van der Waals surface area (Å²) in [4.78, 5) is 11.2. The third-order valence-corrected chi connectivity index (χ3v) is 3.05. The van der Waals surface area contributed by atoms with Crippen LogP contribution in [0.5, 0.6) is 0 Å². The van der Waals surface area contributed by atoms with Crippen molar-refractivity contribution in [2.45, 2.75) is 39.0 Å². The molecule has 3 nitrogen and oxygen atoms in total. The molecule has 0 radical (unpaired) electrons. The molecule has 17 heavy (non-hydrogen) atoms. The van der Waals surface area contributed by atoms with E-state index in [0.717, 1.165) is 16.7 Å². The zero-order valence-corrected chi connectivity index (χ0v) is 10.9. The second-order valence-electron chi connectivity index (χ2n) is 5.45. The number of rotatable bonds is 3. The SMILES string of the molecule is Cc1ccc(C(C)(C)C)cc1C(CN)C(=O)O. The van der Waals surface area contributed by atoms with Gasteiger partial charge in [0.15, 0.2) is 0 Å². The molecule has 1 aromatic rings. The molecule has 0 saturated heterocycles. The topological polar surface area (TPSA) is 63.3 Å². The minimum absolute atomic E-state index is 0.0140. The molecule has 3 heteroatoms. The van der Waals surface area contributed by atoms with Crippen LogP contribution in [0.1, 0.15) is 43.4 Å². The molecule has 0 aromatic heterocycles. The van der Waals surface area contributed by atoms with Gasteiger partial charge in [-0.05, 0) is 29.0 Å². The first-order chi connectivity index (χ1) is 7.77. The summed E-state index contributed by atoms with van der Waals surface area (Å²) in [6.07, 6.45) is 0. The summed E-state index contributed by atoms with van der Waals surface area (Å²) >= 11 is 0. The third-order valence-electron chi connectivity index (χ3n) is 3.05. The average molecular weight is 235 g/mol. The molecule has 0 aliphatic heterocycles. The van der Waals surface area contributed by atoms with Crippen LogP contribution in [0.2, 0.25) is 0 Å². The summed E-state index contributed by atoms with van der Waals surface area (Å²) in [6.45, 7) is 8.39. The highest BCUT2D eigenvalue weighted by atomic mass is 16.4. The molecule has 0 aliphatic carbocycles. The van der Waals surface area contributed by atoms with E-state index in [1.54, 1.807) is 0 Å². The van der Waals surface area contributed by atoms with Gasteiger partial charge in [0.2, 0.25) is 0 Å². The van der Waals surface area contributed by atoms with Gasteiger partial charge < -0.3 is 10.8 Å². The Bertz CT molecular complexity index is 419. The molecule has 0 aliphatic rings. The quantitative estimate of drug-likeness (QED) is 0.845. The highest BCUT2D eigenvalue weighted by molar-refractivity contribution is 5.77. The first-order valence-electron chi connectivity index (χ1n) is 5.81. The number of aliphatic carboxylic acids is 1. The molecular weight excluding hydrogens is 214 g/mol. The lowest BCUT2D eigenvalue weighted by Crippen LogP contribution is -2.23. The lowest BCUT2D eigenvalue weighted by molar-refractivity contribution is -0.138. The van der Waals surface area contributed by atoms with Gasteiger partial charge in [0.25, 0.3) is 0 Å². The first-order valence-corrected chi connectivity index (χ1v) is 5.81. The molecule has 0 amide bonds. The predicted molar refractivity (Wildman–Crippen MR) is 69.3 cm³/mol. The number of carbonyl (C=O) groups is 1. The van der Waals surface area contributed by atoms with Crippen molar-refractivity contribution in [1.82, 2.24) is 0 Å². The minimum atomic E-state index is -0.860. The normalized spacial score (nSPS) is 13.5. The van der Waals surface area contributed by atoms with Crippen molar-refractivity contribution >= 4 is 5.97 Å². The predicted octanol–water partition coefficient (Wildman–Crippen LogP) is 2.42. The van der Waals surface area contributed by atoms with Crippen LogP contribution >= 0.6 is 0 Å². The summed E-state index contributed by atoms with van der Waals surface area (Å²) < 4.78 is 0. The van der Waals surface area contributed by atoms with Crippen molar-refractivity contribution in [1.29, 1.82) is 0 Å². The zero-order valence-electron chi connectivity index (χ0n) is 10.9. The van der Waals surface area contributed by atoms with Crippen molar-refractivity contribution in [2.24, 2.45) is 5.73 Å². The summed E-state index contributed by atoms with van der Waals surface area (Å²) in [7, 11) is 0. The van der Waals surface area contributed by atoms with Crippen molar-refractivity contribution in [3.8, 4) is 0 Å². The van der Waals surface area contributed by atoms with Gasteiger partial charge in [-0.3, -0.25) is 4.79 Å². The van der Waals surface area contributed by atoms with Crippen molar-refractivity contribution in [2.75, 3.05) is 6.54 Å². The molecular formula is C14H21NO2. The lowest BCUT2D eigenvalue weighted by Gasteiger charge is -2.22. The lowest BCUT2D eigenvalue weighted by atomic mass is 9.83. The Kier molecular flexibility index (Phi) is 3.94. The van der Waals surface area contributed by atoms with Crippen molar-refractivity contribution in [3.05, 3.63) is 34.9 Å². The van der Waals surface area contributed by atoms with Gasteiger partial charge in [0.05, 0.1) is 5.92 Å². The Morgan fingerprint density at radius 1 is 1.41 bits per heavy atom. The number of hydrogen-bond acceptors (Lipinski definition) is 2. The first kappa shape index (κ1) is 13.7. The fraction of sp³-hybridized carbons (Fsp3) is 0.500. The zero-order chi connectivity index (χ0) is 13.2. The van der Waals surface area contributed by atoms with Crippen molar-refractivity contribution < 1.29 is 9.90 Å². The Labute approximate surface area is 103 Å². The van der Waals surface area contributed by atoms with Crippen LogP contribution in [0.4, 0.5) is 0 Å². The monoisotopic (exact) mass is 235 g/mol. The van der Waals surface area contributed by atoms with E-state index >= 15 is 0 Å². The Morgan fingerprint density at radius 3 is 2.41 bits per heavy atom. The van der Waals surface area contributed by atoms with Crippen LogP contribution in [0.3, 0.4) is 0 Å².